The Morgan fingerprint density at radius 1 is 1.64 bits per heavy atom. The number of hydrogen-bond acceptors (Lipinski definition) is 2. The summed E-state index contributed by atoms with van der Waals surface area (Å²) < 4.78 is 2.09. The Labute approximate surface area is 83.5 Å². The van der Waals surface area contributed by atoms with Crippen LogP contribution < -0.4 is 5.32 Å². The van der Waals surface area contributed by atoms with E-state index in [0.29, 0.717) is 6.54 Å². The molecule has 1 rings (SSSR count). The van der Waals surface area contributed by atoms with Gasteiger partial charge in [0.2, 0.25) is 0 Å². The Balaban J connectivity index is 2.21. The van der Waals surface area contributed by atoms with E-state index < -0.39 is 5.97 Å². The Hall–Kier alpha value is -1.29. The number of aromatic nitrogens is 1. The van der Waals surface area contributed by atoms with Gasteiger partial charge in [0.05, 0.1) is 6.42 Å². The average Bonchev–Trinajstić information content (AvgIpc) is 2.60. The largest absolute Gasteiger partial charge is 0.481 e. The maximum absolute atomic E-state index is 10.2. The van der Waals surface area contributed by atoms with Crippen molar-refractivity contribution in [3.8, 4) is 0 Å². The molecule has 0 atom stereocenters. The maximum atomic E-state index is 10.2. The van der Waals surface area contributed by atoms with Crippen molar-refractivity contribution in [1.29, 1.82) is 0 Å². The van der Waals surface area contributed by atoms with E-state index in [1.807, 2.05) is 12.3 Å². The highest BCUT2D eigenvalue weighted by Gasteiger charge is 1.97. The van der Waals surface area contributed by atoms with Crippen LogP contribution in [0, 0.1) is 0 Å². The van der Waals surface area contributed by atoms with Gasteiger partial charge >= 0.3 is 5.97 Å². The lowest BCUT2D eigenvalue weighted by molar-refractivity contribution is -0.136. The molecule has 0 saturated heterocycles. The SMILES string of the molecule is CCn1ccc(CNCCC(=O)O)c1. The molecule has 0 amide bonds. The molecule has 4 nitrogen and oxygen atoms in total. The molecule has 0 bridgehead atoms. The quantitative estimate of drug-likeness (QED) is 0.669. The third-order valence-corrected chi connectivity index (χ3v) is 2.02. The van der Waals surface area contributed by atoms with Crippen molar-refractivity contribution in [2.45, 2.75) is 26.4 Å². The molecule has 1 aromatic rings. The van der Waals surface area contributed by atoms with E-state index in [9.17, 15) is 4.79 Å². The van der Waals surface area contributed by atoms with Crippen LogP contribution in [0.25, 0.3) is 0 Å². The zero-order chi connectivity index (χ0) is 10.4. The van der Waals surface area contributed by atoms with Crippen LogP contribution in [-0.4, -0.2) is 22.2 Å². The number of carbonyl (C=O) groups is 1. The first-order valence-corrected chi connectivity index (χ1v) is 4.79. The molecule has 0 aliphatic rings. The van der Waals surface area contributed by atoms with Crippen LogP contribution >= 0.6 is 0 Å². The molecule has 4 heteroatoms. The first kappa shape index (κ1) is 10.8. The van der Waals surface area contributed by atoms with Crippen molar-refractivity contribution < 1.29 is 9.90 Å². The number of hydrogen-bond donors (Lipinski definition) is 2. The predicted molar refractivity (Wildman–Crippen MR) is 54.1 cm³/mol. The van der Waals surface area contributed by atoms with Crippen LogP contribution in [0.4, 0.5) is 0 Å². The molecule has 78 valence electrons. The van der Waals surface area contributed by atoms with Gasteiger partial charge in [0, 0.05) is 32.0 Å². The molecular weight excluding hydrogens is 180 g/mol. The number of aryl methyl sites for hydroxylation is 1. The zero-order valence-corrected chi connectivity index (χ0v) is 8.36. The van der Waals surface area contributed by atoms with Crippen LogP contribution in [0.15, 0.2) is 18.5 Å². The summed E-state index contributed by atoms with van der Waals surface area (Å²) in [5.74, 6) is -0.761. The fourth-order valence-corrected chi connectivity index (χ4v) is 1.22. The smallest absolute Gasteiger partial charge is 0.304 e. The minimum absolute atomic E-state index is 0.175. The Morgan fingerprint density at radius 2 is 2.43 bits per heavy atom. The molecule has 0 aliphatic heterocycles. The summed E-state index contributed by atoms with van der Waals surface area (Å²) in [5, 5.41) is 11.5. The zero-order valence-electron chi connectivity index (χ0n) is 8.36. The summed E-state index contributed by atoms with van der Waals surface area (Å²) in [4.78, 5) is 10.2. The highest BCUT2D eigenvalue weighted by Crippen LogP contribution is 2.00. The Kier molecular flexibility index (Phi) is 4.19. The third-order valence-electron chi connectivity index (χ3n) is 2.02. The minimum Gasteiger partial charge on any atom is -0.481 e. The van der Waals surface area contributed by atoms with E-state index in [-0.39, 0.29) is 6.42 Å². The monoisotopic (exact) mass is 196 g/mol. The van der Waals surface area contributed by atoms with Crippen molar-refractivity contribution >= 4 is 5.97 Å². The lowest BCUT2D eigenvalue weighted by atomic mass is 10.3. The lowest BCUT2D eigenvalue weighted by Gasteiger charge is -2.00. The summed E-state index contributed by atoms with van der Waals surface area (Å²) in [6.45, 7) is 4.31. The predicted octanol–water partition coefficient (Wildman–Crippen LogP) is 1.07. The second-order valence-electron chi connectivity index (χ2n) is 3.17. The van der Waals surface area contributed by atoms with Crippen LogP contribution in [0.1, 0.15) is 18.9 Å². The molecule has 0 saturated carbocycles. The van der Waals surface area contributed by atoms with Gasteiger partial charge in [-0.1, -0.05) is 0 Å². The Morgan fingerprint density at radius 3 is 3.00 bits per heavy atom. The lowest BCUT2D eigenvalue weighted by Crippen LogP contribution is -2.17. The highest BCUT2D eigenvalue weighted by molar-refractivity contribution is 5.66. The van der Waals surface area contributed by atoms with Gasteiger partial charge in [0.1, 0.15) is 0 Å². The fourth-order valence-electron chi connectivity index (χ4n) is 1.22. The van der Waals surface area contributed by atoms with Gasteiger partial charge in [-0.25, -0.2) is 0 Å². The van der Waals surface area contributed by atoms with Gasteiger partial charge in [-0.15, -0.1) is 0 Å². The Bertz CT molecular complexity index is 294. The number of carboxylic acid groups (broad SMARTS) is 1. The molecule has 14 heavy (non-hydrogen) atoms. The standard InChI is InChI=1S/C10H16N2O2/c1-2-12-6-4-9(8-12)7-11-5-3-10(13)14/h4,6,8,11H,2-3,5,7H2,1H3,(H,13,14). The van der Waals surface area contributed by atoms with E-state index in [0.717, 1.165) is 13.1 Å². The fraction of sp³-hybridized carbons (Fsp3) is 0.500. The van der Waals surface area contributed by atoms with E-state index in [4.69, 9.17) is 5.11 Å². The number of carboxylic acids is 1. The molecule has 0 aliphatic carbocycles. The van der Waals surface area contributed by atoms with Crippen molar-refractivity contribution in [3.05, 3.63) is 24.0 Å². The molecule has 0 fully saturated rings. The molecule has 0 spiro atoms. The average molecular weight is 196 g/mol. The van der Waals surface area contributed by atoms with E-state index in [1.54, 1.807) is 0 Å². The van der Waals surface area contributed by atoms with Gasteiger partial charge < -0.3 is 15.0 Å². The number of nitrogens with one attached hydrogen (secondary N) is 1. The van der Waals surface area contributed by atoms with Gasteiger partial charge in [-0.2, -0.15) is 0 Å². The summed E-state index contributed by atoms with van der Waals surface area (Å²) in [7, 11) is 0. The van der Waals surface area contributed by atoms with Crippen LogP contribution in [0.5, 0.6) is 0 Å². The van der Waals surface area contributed by atoms with E-state index >= 15 is 0 Å². The number of rotatable bonds is 6. The van der Waals surface area contributed by atoms with Crippen molar-refractivity contribution in [3.63, 3.8) is 0 Å². The van der Waals surface area contributed by atoms with Gasteiger partial charge in [0.15, 0.2) is 0 Å². The summed E-state index contributed by atoms with van der Waals surface area (Å²) in [6.07, 6.45) is 4.26. The van der Waals surface area contributed by atoms with E-state index in [1.165, 1.54) is 5.56 Å². The topological polar surface area (TPSA) is 54.3 Å². The summed E-state index contributed by atoms with van der Waals surface area (Å²) in [6, 6.07) is 2.04. The molecule has 0 radical (unpaired) electrons. The molecule has 1 aromatic heterocycles. The van der Waals surface area contributed by atoms with Gasteiger partial charge in [-0.05, 0) is 18.6 Å². The molecule has 0 unspecified atom stereocenters. The van der Waals surface area contributed by atoms with Crippen LogP contribution in [-0.2, 0) is 17.9 Å². The van der Waals surface area contributed by atoms with E-state index in [2.05, 4.69) is 23.0 Å². The second-order valence-corrected chi connectivity index (χ2v) is 3.17. The third kappa shape index (κ3) is 3.62. The maximum Gasteiger partial charge on any atom is 0.304 e. The van der Waals surface area contributed by atoms with Crippen LogP contribution in [0.2, 0.25) is 0 Å². The summed E-state index contributed by atoms with van der Waals surface area (Å²) in [5.41, 5.74) is 1.19. The van der Waals surface area contributed by atoms with Crippen LogP contribution in [0.3, 0.4) is 0 Å². The highest BCUT2D eigenvalue weighted by atomic mass is 16.4. The van der Waals surface area contributed by atoms with Gasteiger partial charge in [-0.3, -0.25) is 4.79 Å². The molecule has 1 heterocycles. The molecule has 0 aromatic carbocycles. The first-order valence-electron chi connectivity index (χ1n) is 4.79. The second kappa shape index (κ2) is 5.44. The number of nitrogens with zero attached hydrogens (tertiary/aromatic N) is 1. The number of aliphatic carboxylic acids is 1. The molecular formula is C10H16N2O2. The minimum atomic E-state index is -0.761. The van der Waals surface area contributed by atoms with Crippen molar-refractivity contribution in [1.82, 2.24) is 9.88 Å². The molecule has 2 N–H and O–H groups in total. The normalized spacial score (nSPS) is 10.4. The van der Waals surface area contributed by atoms with Gasteiger partial charge in [0.25, 0.3) is 0 Å². The van der Waals surface area contributed by atoms with Crippen molar-refractivity contribution in [2.75, 3.05) is 6.54 Å². The van der Waals surface area contributed by atoms with Crippen molar-refractivity contribution in [2.24, 2.45) is 0 Å². The first-order chi connectivity index (χ1) is 6.72. The summed E-state index contributed by atoms with van der Waals surface area (Å²) >= 11 is 0.